The molecule has 2 aliphatic rings. The van der Waals surface area contributed by atoms with E-state index in [0.717, 1.165) is 5.56 Å². The molecular formula is C23H20N2O6S. The van der Waals surface area contributed by atoms with Crippen molar-refractivity contribution in [2.45, 2.75) is 43.4 Å². The maximum absolute atomic E-state index is 13.0. The maximum atomic E-state index is 13.0. The molecular weight excluding hydrogens is 432 g/mol. The van der Waals surface area contributed by atoms with Gasteiger partial charge >= 0.3 is 0 Å². The van der Waals surface area contributed by atoms with Gasteiger partial charge in [0.05, 0.1) is 4.90 Å². The van der Waals surface area contributed by atoms with Gasteiger partial charge in [0.1, 0.15) is 6.04 Å². The molecule has 2 unspecified atom stereocenters. The number of benzene rings is 2. The summed E-state index contributed by atoms with van der Waals surface area (Å²) < 4.78 is 30.6. The number of piperidine rings is 1. The number of hydrogen-bond donors (Lipinski definition) is 1. The van der Waals surface area contributed by atoms with Crippen molar-refractivity contribution >= 4 is 27.8 Å². The number of amides is 3. The molecule has 9 heteroatoms. The van der Waals surface area contributed by atoms with E-state index in [0.29, 0.717) is 16.7 Å². The van der Waals surface area contributed by atoms with E-state index in [1.807, 2.05) is 6.92 Å². The molecule has 2 atom stereocenters. The highest BCUT2D eigenvalue weighted by atomic mass is 32.2. The molecule has 0 aliphatic carbocycles. The van der Waals surface area contributed by atoms with Gasteiger partial charge in [-0.25, -0.2) is 4.18 Å². The first-order valence-corrected chi connectivity index (χ1v) is 11.3. The third-order valence-corrected chi connectivity index (χ3v) is 6.83. The van der Waals surface area contributed by atoms with Crippen LogP contribution in [-0.4, -0.2) is 37.1 Å². The lowest BCUT2D eigenvalue weighted by Crippen LogP contribution is -2.52. The molecule has 4 rings (SSSR count). The quantitative estimate of drug-likeness (QED) is 0.421. The van der Waals surface area contributed by atoms with Crippen LogP contribution in [0.5, 0.6) is 0 Å². The second-order valence-electron chi connectivity index (χ2n) is 7.73. The number of terminal acetylenes is 1. The molecule has 32 heavy (non-hydrogen) atoms. The van der Waals surface area contributed by atoms with Crippen LogP contribution >= 0.6 is 0 Å². The normalized spacial score (nSPS) is 19.3. The lowest BCUT2D eigenvalue weighted by molar-refractivity contribution is -0.136. The van der Waals surface area contributed by atoms with Gasteiger partial charge in [0.2, 0.25) is 11.8 Å². The molecule has 1 saturated heterocycles. The van der Waals surface area contributed by atoms with Crippen LogP contribution < -0.4 is 5.32 Å². The summed E-state index contributed by atoms with van der Waals surface area (Å²) in [5, 5.41) is 2.25. The van der Waals surface area contributed by atoms with Gasteiger partial charge in [0, 0.05) is 18.5 Å². The first-order valence-electron chi connectivity index (χ1n) is 9.93. The van der Waals surface area contributed by atoms with Crippen LogP contribution in [0.2, 0.25) is 0 Å². The number of aryl methyl sites for hydroxylation is 1. The minimum absolute atomic E-state index is 0.0235. The van der Waals surface area contributed by atoms with E-state index in [-0.39, 0.29) is 36.1 Å². The molecule has 3 amide bonds. The van der Waals surface area contributed by atoms with E-state index in [1.54, 1.807) is 24.3 Å². The largest absolute Gasteiger partial charge is 0.322 e. The smallest absolute Gasteiger partial charge is 0.298 e. The maximum Gasteiger partial charge on any atom is 0.298 e. The molecule has 1 N–H and O–H groups in total. The standard InChI is InChI=1S/C23H20N2O6S/c1-3-20(31-32(29,30)17-8-4-14(2)5-9-17)15-6-7-16-13-25(23(28)18(16)12-15)19-10-11-21(26)24-22(19)27/h1,4-9,12,19-20H,10-11,13H2,2H3,(H,24,26,27). The van der Waals surface area contributed by atoms with Gasteiger partial charge in [-0.15, -0.1) is 6.42 Å². The number of nitrogens with zero attached hydrogens (tertiary/aromatic N) is 1. The molecule has 0 spiro atoms. The molecule has 2 aliphatic heterocycles. The number of fused-ring (bicyclic) bond motifs is 1. The molecule has 2 aromatic rings. The van der Waals surface area contributed by atoms with E-state index >= 15 is 0 Å². The first kappa shape index (κ1) is 21.7. The van der Waals surface area contributed by atoms with E-state index in [4.69, 9.17) is 10.6 Å². The Morgan fingerprint density at radius 3 is 2.53 bits per heavy atom. The van der Waals surface area contributed by atoms with E-state index in [2.05, 4.69) is 11.2 Å². The number of rotatable bonds is 5. The topological polar surface area (TPSA) is 110 Å². The first-order chi connectivity index (χ1) is 15.2. The zero-order valence-corrected chi connectivity index (χ0v) is 18.0. The zero-order valence-electron chi connectivity index (χ0n) is 17.2. The molecule has 164 valence electrons. The minimum Gasteiger partial charge on any atom is -0.322 e. The molecule has 0 aromatic heterocycles. The van der Waals surface area contributed by atoms with Gasteiger partial charge in [-0.1, -0.05) is 35.7 Å². The summed E-state index contributed by atoms with van der Waals surface area (Å²) in [6.45, 7) is 2.05. The van der Waals surface area contributed by atoms with Crippen molar-refractivity contribution in [3.63, 3.8) is 0 Å². The van der Waals surface area contributed by atoms with Crippen LogP contribution in [0.25, 0.3) is 0 Å². The molecule has 0 radical (unpaired) electrons. The number of carbonyl (C=O) groups is 3. The lowest BCUT2D eigenvalue weighted by atomic mass is 10.0. The van der Waals surface area contributed by atoms with Gasteiger partial charge < -0.3 is 4.90 Å². The van der Waals surface area contributed by atoms with Crippen molar-refractivity contribution in [3.8, 4) is 12.3 Å². The Bertz CT molecular complexity index is 1260. The SMILES string of the molecule is C#CC(OS(=O)(=O)c1ccc(C)cc1)c1ccc2c(c1)C(=O)N(C1CCC(=O)NC1=O)C2. The van der Waals surface area contributed by atoms with Crippen LogP contribution in [0.4, 0.5) is 0 Å². The fourth-order valence-corrected chi connectivity index (χ4v) is 4.80. The van der Waals surface area contributed by atoms with Gasteiger partial charge in [0.15, 0.2) is 6.10 Å². The number of imide groups is 1. The summed E-state index contributed by atoms with van der Waals surface area (Å²) in [4.78, 5) is 37.9. The third-order valence-electron chi connectivity index (χ3n) is 5.54. The fourth-order valence-electron chi connectivity index (χ4n) is 3.80. The van der Waals surface area contributed by atoms with Crippen molar-refractivity contribution in [1.29, 1.82) is 0 Å². The van der Waals surface area contributed by atoms with E-state index in [9.17, 15) is 22.8 Å². The number of hydrogen-bond acceptors (Lipinski definition) is 6. The predicted molar refractivity (Wildman–Crippen MR) is 114 cm³/mol. The van der Waals surface area contributed by atoms with Crippen LogP contribution in [0.3, 0.4) is 0 Å². The highest BCUT2D eigenvalue weighted by molar-refractivity contribution is 7.86. The van der Waals surface area contributed by atoms with E-state index in [1.165, 1.54) is 23.1 Å². The van der Waals surface area contributed by atoms with Crippen LogP contribution in [0.1, 0.15) is 46.0 Å². The van der Waals surface area contributed by atoms with Crippen LogP contribution in [-0.2, 0) is 30.4 Å². The summed E-state index contributed by atoms with van der Waals surface area (Å²) in [7, 11) is -4.13. The van der Waals surface area contributed by atoms with Crippen molar-refractivity contribution in [2.24, 2.45) is 0 Å². The Labute approximate surface area is 185 Å². The van der Waals surface area contributed by atoms with Gasteiger partial charge in [-0.05, 0) is 42.7 Å². The highest BCUT2D eigenvalue weighted by Crippen LogP contribution is 2.31. The summed E-state index contributed by atoms with van der Waals surface area (Å²) in [5.74, 6) is 1.08. The molecule has 0 bridgehead atoms. The second kappa shape index (κ2) is 8.22. The van der Waals surface area contributed by atoms with Crippen molar-refractivity contribution in [3.05, 3.63) is 64.7 Å². The van der Waals surface area contributed by atoms with Gasteiger partial charge in [-0.2, -0.15) is 8.42 Å². The van der Waals surface area contributed by atoms with Crippen molar-refractivity contribution in [2.75, 3.05) is 0 Å². The second-order valence-corrected chi connectivity index (χ2v) is 9.30. The third kappa shape index (κ3) is 4.02. The van der Waals surface area contributed by atoms with Crippen molar-refractivity contribution < 1.29 is 27.0 Å². The molecule has 0 saturated carbocycles. The Kier molecular flexibility index (Phi) is 5.59. The average molecular weight is 452 g/mol. The summed E-state index contributed by atoms with van der Waals surface area (Å²) in [6, 6.07) is 10.2. The average Bonchev–Trinajstić information content (AvgIpc) is 3.08. The summed E-state index contributed by atoms with van der Waals surface area (Å²) in [6.07, 6.45) is 4.73. The number of carbonyl (C=O) groups excluding carboxylic acids is 3. The summed E-state index contributed by atoms with van der Waals surface area (Å²) in [5.41, 5.74) is 2.24. The van der Waals surface area contributed by atoms with Crippen LogP contribution in [0, 0.1) is 19.3 Å². The van der Waals surface area contributed by atoms with Crippen molar-refractivity contribution in [1.82, 2.24) is 10.2 Å². The van der Waals surface area contributed by atoms with Gasteiger partial charge in [-0.3, -0.25) is 19.7 Å². The Morgan fingerprint density at radius 2 is 1.88 bits per heavy atom. The zero-order chi connectivity index (χ0) is 23.0. The molecule has 8 nitrogen and oxygen atoms in total. The Morgan fingerprint density at radius 1 is 1.16 bits per heavy atom. The molecule has 1 fully saturated rings. The number of nitrogens with one attached hydrogen (secondary N) is 1. The monoisotopic (exact) mass is 452 g/mol. The van der Waals surface area contributed by atoms with Crippen LogP contribution in [0.15, 0.2) is 47.4 Å². The lowest BCUT2D eigenvalue weighted by Gasteiger charge is -2.29. The molecule has 2 heterocycles. The summed E-state index contributed by atoms with van der Waals surface area (Å²) >= 11 is 0. The molecule has 2 aromatic carbocycles. The highest BCUT2D eigenvalue weighted by Gasteiger charge is 2.39. The predicted octanol–water partition coefficient (Wildman–Crippen LogP) is 1.84. The fraction of sp³-hybridized carbons (Fsp3) is 0.261. The Balaban J connectivity index is 1.57. The van der Waals surface area contributed by atoms with E-state index < -0.39 is 28.2 Å². The van der Waals surface area contributed by atoms with Gasteiger partial charge in [0.25, 0.3) is 16.0 Å². The minimum atomic E-state index is -4.13. The Hall–Kier alpha value is -3.48.